The van der Waals surface area contributed by atoms with Crippen LogP contribution in [0, 0.1) is 20.8 Å². The molecule has 1 saturated heterocycles. The topological polar surface area (TPSA) is 6.48 Å². The van der Waals surface area contributed by atoms with Gasteiger partial charge in [0.05, 0.1) is 6.67 Å². The van der Waals surface area contributed by atoms with Crippen molar-refractivity contribution >= 4 is 5.69 Å². The normalized spacial score (nSPS) is 21.1. The Hall–Kier alpha value is -1.80. The van der Waals surface area contributed by atoms with Crippen LogP contribution in [0.5, 0.6) is 0 Å². The van der Waals surface area contributed by atoms with Gasteiger partial charge in [-0.3, -0.25) is 4.90 Å². The fraction of sp³-hybridized carbons (Fsp3) is 0.455. The van der Waals surface area contributed by atoms with Gasteiger partial charge in [-0.15, -0.1) is 0 Å². The third kappa shape index (κ3) is 2.73. The fourth-order valence-electron chi connectivity index (χ4n) is 4.83. The van der Waals surface area contributed by atoms with Gasteiger partial charge < -0.3 is 4.90 Å². The van der Waals surface area contributed by atoms with Crippen molar-refractivity contribution in [3.63, 3.8) is 0 Å². The van der Waals surface area contributed by atoms with Gasteiger partial charge in [0.1, 0.15) is 0 Å². The molecule has 1 unspecified atom stereocenters. The van der Waals surface area contributed by atoms with Crippen LogP contribution in [0.25, 0.3) is 0 Å². The molecule has 0 radical (unpaired) electrons. The summed E-state index contributed by atoms with van der Waals surface area (Å²) in [6.45, 7) is 10.1. The Balaban J connectivity index is 1.58. The van der Waals surface area contributed by atoms with Gasteiger partial charge in [-0.25, -0.2) is 0 Å². The zero-order valence-corrected chi connectivity index (χ0v) is 15.2. The first-order chi connectivity index (χ1) is 11.6. The molecular formula is C22H28N2. The third-order valence-corrected chi connectivity index (χ3v) is 5.74. The van der Waals surface area contributed by atoms with Crippen molar-refractivity contribution < 1.29 is 0 Å². The molecule has 1 atom stereocenters. The van der Waals surface area contributed by atoms with Crippen molar-refractivity contribution in [3.8, 4) is 0 Å². The molecule has 1 fully saturated rings. The second kappa shape index (κ2) is 6.25. The van der Waals surface area contributed by atoms with Crippen LogP contribution in [0.1, 0.15) is 46.7 Å². The summed E-state index contributed by atoms with van der Waals surface area (Å²) in [6.07, 6.45) is 3.87. The first-order valence-corrected chi connectivity index (χ1v) is 9.28. The van der Waals surface area contributed by atoms with Crippen molar-refractivity contribution in [2.75, 3.05) is 24.7 Å². The maximum absolute atomic E-state index is 2.69. The van der Waals surface area contributed by atoms with E-state index in [4.69, 9.17) is 0 Å². The Labute approximate surface area is 146 Å². The van der Waals surface area contributed by atoms with Crippen molar-refractivity contribution in [2.45, 2.75) is 46.1 Å². The van der Waals surface area contributed by atoms with Gasteiger partial charge in [-0.2, -0.15) is 0 Å². The highest BCUT2D eigenvalue weighted by Crippen LogP contribution is 2.37. The molecule has 0 bridgehead atoms. The van der Waals surface area contributed by atoms with E-state index < -0.39 is 0 Å². The summed E-state index contributed by atoms with van der Waals surface area (Å²) in [5.74, 6) is 0. The average Bonchev–Trinajstić information content (AvgIpc) is 3.02. The zero-order chi connectivity index (χ0) is 16.7. The van der Waals surface area contributed by atoms with E-state index in [1.807, 2.05) is 0 Å². The van der Waals surface area contributed by atoms with Gasteiger partial charge in [0.15, 0.2) is 0 Å². The van der Waals surface area contributed by atoms with Crippen molar-refractivity contribution in [3.05, 3.63) is 64.2 Å². The molecule has 4 rings (SSSR count). The van der Waals surface area contributed by atoms with E-state index in [2.05, 4.69) is 67.0 Å². The summed E-state index contributed by atoms with van der Waals surface area (Å²) in [5, 5.41) is 0. The monoisotopic (exact) mass is 320 g/mol. The van der Waals surface area contributed by atoms with E-state index in [0.717, 1.165) is 13.2 Å². The second-order valence-electron chi connectivity index (χ2n) is 7.57. The lowest BCUT2D eigenvalue weighted by molar-refractivity contribution is 0.223. The number of rotatable bonds is 2. The highest BCUT2D eigenvalue weighted by molar-refractivity contribution is 5.60. The van der Waals surface area contributed by atoms with Gasteiger partial charge in [0.2, 0.25) is 0 Å². The van der Waals surface area contributed by atoms with Crippen LogP contribution in [-0.4, -0.2) is 24.7 Å². The van der Waals surface area contributed by atoms with Crippen molar-refractivity contribution in [1.29, 1.82) is 0 Å². The van der Waals surface area contributed by atoms with E-state index in [1.165, 1.54) is 48.2 Å². The molecule has 0 saturated carbocycles. The first-order valence-electron chi connectivity index (χ1n) is 9.28. The Kier molecular flexibility index (Phi) is 4.09. The average molecular weight is 320 g/mol. The number of hydrogen-bond donors (Lipinski definition) is 0. The summed E-state index contributed by atoms with van der Waals surface area (Å²) in [6, 6.07) is 14.3. The van der Waals surface area contributed by atoms with Crippen LogP contribution in [0.4, 0.5) is 5.69 Å². The van der Waals surface area contributed by atoms with Crippen molar-refractivity contribution in [1.82, 2.24) is 4.90 Å². The SMILES string of the molecule is Cc1cc(C)c(N2CCN(C3CCCc4ccccc43)C2)c(C)c1. The highest BCUT2D eigenvalue weighted by Gasteiger charge is 2.31. The minimum atomic E-state index is 0.603. The molecule has 1 heterocycles. The summed E-state index contributed by atoms with van der Waals surface area (Å²) >= 11 is 0. The van der Waals surface area contributed by atoms with Crippen LogP contribution >= 0.6 is 0 Å². The standard InChI is InChI=1S/C22H28N2/c1-16-13-17(2)22(18(3)14-16)24-12-11-23(15-24)21-10-6-8-19-7-4-5-9-20(19)21/h4-5,7,9,13-14,21H,6,8,10-12,15H2,1-3H3. The van der Waals surface area contributed by atoms with E-state index in [9.17, 15) is 0 Å². The molecule has 24 heavy (non-hydrogen) atoms. The lowest BCUT2D eigenvalue weighted by Crippen LogP contribution is -2.31. The lowest BCUT2D eigenvalue weighted by Gasteiger charge is -2.33. The summed E-state index contributed by atoms with van der Waals surface area (Å²) in [7, 11) is 0. The van der Waals surface area contributed by atoms with E-state index in [-0.39, 0.29) is 0 Å². The maximum Gasteiger partial charge on any atom is 0.0713 e. The quantitative estimate of drug-likeness (QED) is 0.786. The largest absolute Gasteiger partial charge is 0.357 e. The summed E-state index contributed by atoms with van der Waals surface area (Å²) in [4.78, 5) is 5.28. The number of fused-ring (bicyclic) bond motifs is 1. The molecule has 2 heteroatoms. The molecule has 2 nitrogen and oxygen atoms in total. The third-order valence-electron chi connectivity index (χ3n) is 5.74. The minimum Gasteiger partial charge on any atom is -0.357 e. The Morgan fingerprint density at radius 1 is 0.958 bits per heavy atom. The molecule has 126 valence electrons. The van der Waals surface area contributed by atoms with Crippen LogP contribution in [0.15, 0.2) is 36.4 Å². The number of hydrogen-bond acceptors (Lipinski definition) is 2. The summed E-state index contributed by atoms with van der Waals surface area (Å²) < 4.78 is 0. The molecule has 2 aromatic rings. The highest BCUT2D eigenvalue weighted by atomic mass is 15.4. The van der Waals surface area contributed by atoms with Crippen LogP contribution in [-0.2, 0) is 6.42 Å². The Morgan fingerprint density at radius 3 is 2.50 bits per heavy atom. The van der Waals surface area contributed by atoms with Gasteiger partial charge in [-0.1, -0.05) is 42.0 Å². The predicted molar refractivity (Wildman–Crippen MR) is 102 cm³/mol. The van der Waals surface area contributed by atoms with E-state index in [0.29, 0.717) is 6.04 Å². The molecule has 2 aromatic carbocycles. The van der Waals surface area contributed by atoms with E-state index in [1.54, 1.807) is 11.1 Å². The number of aryl methyl sites for hydroxylation is 4. The number of anilines is 1. The predicted octanol–water partition coefficient (Wildman–Crippen LogP) is 4.77. The van der Waals surface area contributed by atoms with Gasteiger partial charge in [0, 0.05) is 24.8 Å². The van der Waals surface area contributed by atoms with E-state index >= 15 is 0 Å². The smallest absolute Gasteiger partial charge is 0.0713 e. The molecular weight excluding hydrogens is 292 g/mol. The van der Waals surface area contributed by atoms with Crippen LogP contribution in [0.3, 0.4) is 0 Å². The number of nitrogens with zero attached hydrogens (tertiary/aromatic N) is 2. The second-order valence-corrected chi connectivity index (χ2v) is 7.57. The minimum absolute atomic E-state index is 0.603. The van der Waals surface area contributed by atoms with Gasteiger partial charge in [-0.05, 0) is 62.3 Å². The molecule has 0 spiro atoms. The Morgan fingerprint density at radius 2 is 1.71 bits per heavy atom. The molecule has 2 aliphatic rings. The fourth-order valence-corrected chi connectivity index (χ4v) is 4.83. The van der Waals surface area contributed by atoms with Crippen molar-refractivity contribution in [2.24, 2.45) is 0 Å². The van der Waals surface area contributed by atoms with Crippen LogP contribution < -0.4 is 4.90 Å². The zero-order valence-electron chi connectivity index (χ0n) is 15.2. The first kappa shape index (κ1) is 15.7. The molecule has 0 aromatic heterocycles. The summed E-state index contributed by atoms with van der Waals surface area (Å²) in [5.41, 5.74) is 8.79. The molecule has 1 aliphatic carbocycles. The number of benzene rings is 2. The Bertz CT molecular complexity index is 726. The van der Waals surface area contributed by atoms with Gasteiger partial charge >= 0.3 is 0 Å². The molecule has 0 amide bonds. The molecule has 1 aliphatic heterocycles. The van der Waals surface area contributed by atoms with Crippen LogP contribution in [0.2, 0.25) is 0 Å². The lowest BCUT2D eigenvalue weighted by atomic mass is 9.87. The molecule has 0 N–H and O–H groups in total. The maximum atomic E-state index is 2.69. The van der Waals surface area contributed by atoms with Gasteiger partial charge in [0.25, 0.3) is 0 Å².